The number of halogens is 3. The second kappa shape index (κ2) is 8.09. The van der Waals surface area contributed by atoms with Crippen molar-refractivity contribution in [2.45, 2.75) is 0 Å². The molecule has 0 aliphatic rings. The fourth-order valence-corrected chi connectivity index (χ4v) is 3.20. The maximum absolute atomic E-state index is 13.6. The van der Waals surface area contributed by atoms with Crippen molar-refractivity contribution in [1.29, 1.82) is 5.26 Å². The van der Waals surface area contributed by atoms with Gasteiger partial charge in [-0.3, -0.25) is 9.10 Å². The molecule has 0 aromatic heterocycles. The van der Waals surface area contributed by atoms with Gasteiger partial charge in [-0.05, 0) is 30.3 Å². The molecule has 0 radical (unpaired) electrons. The molecule has 0 unspecified atom stereocenters. The molecule has 6 nitrogen and oxygen atoms in total. The first kappa shape index (κ1) is 20.3. The third-order valence-corrected chi connectivity index (χ3v) is 4.74. The molecule has 0 aliphatic carbocycles. The van der Waals surface area contributed by atoms with Gasteiger partial charge in [0, 0.05) is 6.54 Å². The summed E-state index contributed by atoms with van der Waals surface area (Å²) in [5, 5.41) is 11.2. The Morgan fingerprint density at radius 1 is 1.19 bits per heavy atom. The monoisotopic (exact) mass is 397 g/mol. The Morgan fingerprint density at radius 2 is 1.89 bits per heavy atom. The second-order valence-electron chi connectivity index (χ2n) is 5.48. The van der Waals surface area contributed by atoms with Crippen molar-refractivity contribution in [3.8, 4) is 6.07 Å². The van der Waals surface area contributed by atoms with Crippen LogP contribution in [-0.4, -0.2) is 33.7 Å². The van der Waals surface area contributed by atoms with E-state index < -0.39 is 38.9 Å². The smallest absolute Gasteiger partial charge is 0.254 e. The summed E-state index contributed by atoms with van der Waals surface area (Å²) < 4.78 is 64.7. The first-order chi connectivity index (χ1) is 12.6. The van der Waals surface area contributed by atoms with E-state index in [9.17, 15) is 26.4 Å². The van der Waals surface area contributed by atoms with Crippen molar-refractivity contribution < 1.29 is 26.4 Å². The summed E-state index contributed by atoms with van der Waals surface area (Å²) in [5.41, 5.74) is -0.245. The van der Waals surface area contributed by atoms with E-state index in [4.69, 9.17) is 5.26 Å². The van der Waals surface area contributed by atoms with Crippen LogP contribution in [0.1, 0.15) is 15.9 Å². The molecule has 2 aromatic carbocycles. The van der Waals surface area contributed by atoms with Crippen LogP contribution in [0.2, 0.25) is 0 Å². The van der Waals surface area contributed by atoms with Gasteiger partial charge in [0.05, 0.1) is 35.7 Å². The molecule has 0 aliphatic heterocycles. The molecule has 0 bridgehead atoms. The normalized spacial score (nSPS) is 10.9. The highest BCUT2D eigenvalue weighted by Gasteiger charge is 2.21. The van der Waals surface area contributed by atoms with Crippen LogP contribution in [0.25, 0.3) is 0 Å². The predicted molar refractivity (Wildman–Crippen MR) is 92.0 cm³/mol. The number of hydrogen-bond donors (Lipinski definition) is 1. The summed E-state index contributed by atoms with van der Waals surface area (Å²) >= 11 is 0. The lowest BCUT2D eigenvalue weighted by Crippen LogP contribution is -2.38. The lowest BCUT2D eigenvalue weighted by Gasteiger charge is -2.22. The molecule has 0 atom stereocenters. The largest absolute Gasteiger partial charge is 0.350 e. The molecule has 1 N–H and O–H groups in total. The minimum atomic E-state index is -3.74. The lowest BCUT2D eigenvalue weighted by atomic mass is 10.2. The van der Waals surface area contributed by atoms with Crippen LogP contribution in [0.4, 0.5) is 18.9 Å². The highest BCUT2D eigenvalue weighted by atomic mass is 32.2. The van der Waals surface area contributed by atoms with E-state index in [1.165, 1.54) is 24.3 Å². The molecular formula is C17H14F3N3O3S. The van der Waals surface area contributed by atoms with E-state index in [0.29, 0.717) is 6.07 Å². The van der Waals surface area contributed by atoms with Gasteiger partial charge in [0.1, 0.15) is 0 Å². The number of hydrogen-bond acceptors (Lipinski definition) is 4. The Kier molecular flexibility index (Phi) is 6.07. The Labute approximate surface area is 153 Å². The van der Waals surface area contributed by atoms with Crippen LogP contribution >= 0.6 is 0 Å². The maximum Gasteiger partial charge on any atom is 0.254 e. The van der Waals surface area contributed by atoms with Crippen molar-refractivity contribution in [2.24, 2.45) is 0 Å². The Morgan fingerprint density at radius 3 is 2.52 bits per heavy atom. The molecule has 0 saturated carbocycles. The van der Waals surface area contributed by atoms with Gasteiger partial charge < -0.3 is 5.32 Å². The summed E-state index contributed by atoms with van der Waals surface area (Å²) in [6.07, 6.45) is 0.947. The molecule has 0 saturated heterocycles. The molecule has 10 heteroatoms. The molecule has 2 rings (SSSR count). The highest BCUT2D eigenvalue weighted by molar-refractivity contribution is 7.92. The average Bonchev–Trinajstić information content (AvgIpc) is 2.62. The molecule has 142 valence electrons. The predicted octanol–water partition coefficient (Wildman–Crippen LogP) is 2.17. The molecule has 1 amide bonds. The quantitative estimate of drug-likeness (QED) is 0.757. The van der Waals surface area contributed by atoms with Crippen LogP contribution in [0, 0.1) is 28.8 Å². The third-order valence-electron chi connectivity index (χ3n) is 3.54. The van der Waals surface area contributed by atoms with Gasteiger partial charge in [-0.1, -0.05) is 6.07 Å². The third kappa shape index (κ3) is 4.77. The molecule has 0 heterocycles. The fourth-order valence-electron chi connectivity index (χ4n) is 2.28. The van der Waals surface area contributed by atoms with Gasteiger partial charge in [0.2, 0.25) is 10.0 Å². The van der Waals surface area contributed by atoms with Gasteiger partial charge in [0.15, 0.2) is 17.5 Å². The number of nitrogens with zero attached hydrogens (tertiary/aromatic N) is 2. The first-order valence-electron chi connectivity index (χ1n) is 7.54. The summed E-state index contributed by atoms with van der Waals surface area (Å²) in [4.78, 5) is 11.9. The Balaban J connectivity index is 2.14. The zero-order valence-electron chi connectivity index (χ0n) is 14.0. The van der Waals surface area contributed by atoms with Crippen molar-refractivity contribution in [3.05, 3.63) is 65.0 Å². The molecule has 0 spiro atoms. The van der Waals surface area contributed by atoms with E-state index in [2.05, 4.69) is 5.32 Å². The zero-order valence-corrected chi connectivity index (χ0v) is 14.9. The molecule has 2 aromatic rings. The summed E-state index contributed by atoms with van der Waals surface area (Å²) in [7, 11) is -3.74. The summed E-state index contributed by atoms with van der Waals surface area (Å²) in [5.74, 6) is -5.85. The zero-order chi connectivity index (χ0) is 20.2. The number of nitrogens with one attached hydrogen (secondary N) is 1. The minimum Gasteiger partial charge on any atom is -0.350 e. The van der Waals surface area contributed by atoms with Crippen LogP contribution in [0.15, 0.2) is 36.4 Å². The number of carbonyl (C=O) groups excluding carboxylic acids is 1. The van der Waals surface area contributed by atoms with Crippen molar-refractivity contribution in [3.63, 3.8) is 0 Å². The number of nitriles is 1. The van der Waals surface area contributed by atoms with Crippen LogP contribution < -0.4 is 9.62 Å². The van der Waals surface area contributed by atoms with Gasteiger partial charge in [-0.2, -0.15) is 5.26 Å². The van der Waals surface area contributed by atoms with Crippen LogP contribution in [0.3, 0.4) is 0 Å². The number of amides is 1. The number of anilines is 1. The molecule has 27 heavy (non-hydrogen) atoms. The van der Waals surface area contributed by atoms with Crippen molar-refractivity contribution >= 4 is 21.6 Å². The molecule has 0 fully saturated rings. The van der Waals surface area contributed by atoms with Gasteiger partial charge in [-0.25, -0.2) is 21.6 Å². The average molecular weight is 397 g/mol. The number of benzene rings is 2. The van der Waals surface area contributed by atoms with E-state index in [1.807, 2.05) is 6.07 Å². The SMILES string of the molecule is CS(=O)(=O)N(CCNC(=O)c1ccc(F)c(F)c1F)c1cccc(C#N)c1. The van der Waals surface area contributed by atoms with E-state index in [0.717, 1.165) is 16.6 Å². The van der Waals surface area contributed by atoms with Crippen molar-refractivity contribution in [1.82, 2.24) is 5.32 Å². The van der Waals surface area contributed by atoms with E-state index in [1.54, 1.807) is 0 Å². The highest BCUT2D eigenvalue weighted by Crippen LogP contribution is 2.19. The van der Waals surface area contributed by atoms with Crippen LogP contribution in [-0.2, 0) is 10.0 Å². The Hall–Kier alpha value is -3.06. The van der Waals surface area contributed by atoms with Gasteiger partial charge in [0.25, 0.3) is 5.91 Å². The first-order valence-corrected chi connectivity index (χ1v) is 9.39. The van der Waals surface area contributed by atoms with Crippen LogP contribution in [0.5, 0.6) is 0 Å². The Bertz CT molecular complexity index is 1020. The maximum atomic E-state index is 13.6. The molecular weight excluding hydrogens is 383 g/mol. The summed E-state index contributed by atoms with van der Waals surface area (Å²) in [6.45, 7) is -0.453. The standard InChI is InChI=1S/C17H14F3N3O3S/c1-27(25,26)23(12-4-2-3-11(9-12)10-21)8-7-22-17(24)13-5-6-14(18)16(20)15(13)19/h2-6,9H,7-8H2,1H3,(H,22,24). The fraction of sp³-hybridized carbons (Fsp3) is 0.176. The number of carbonyl (C=O) groups is 1. The summed E-state index contributed by atoms with van der Waals surface area (Å²) in [6, 6.07) is 9.12. The van der Waals surface area contributed by atoms with E-state index in [-0.39, 0.29) is 24.3 Å². The van der Waals surface area contributed by atoms with E-state index >= 15 is 0 Å². The van der Waals surface area contributed by atoms with Gasteiger partial charge >= 0.3 is 0 Å². The number of sulfonamides is 1. The number of rotatable bonds is 6. The lowest BCUT2D eigenvalue weighted by molar-refractivity contribution is 0.0949. The second-order valence-corrected chi connectivity index (χ2v) is 7.38. The topological polar surface area (TPSA) is 90.3 Å². The van der Waals surface area contributed by atoms with Crippen molar-refractivity contribution in [2.75, 3.05) is 23.7 Å². The van der Waals surface area contributed by atoms with Gasteiger partial charge in [-0.15, -0.1) is 0 Å². The minimum absolute atomic E-state index is 0.213.